The Morgan fingerprint density at radius 2 is 1.85 bits per heavy atom. The highest BCUT2D eigenvalue weighted by Crippen LogP contribution is 2.35. The lowest BCUT2D eigenvalue weighted by Crippen LogP contribution is -2.49. The largest absolute Gasteiger partial charge is 0.444 e. The SMILES string of the molecule is CC(C)(C)OC(=O)N1CCOC[C@H]1c1cc(Cl)cc2c1CN(C(=O)N1CCC(F)CC1)CC2. The van der Waals surface area contributed by atoms with Gasteiger partial charge in [0.2, 0.25) is 0 Å². The normalized spacial score (nSPS) is 22.2. The van der Waals surface area contributed by atoms with E-state index in [9.17, 15) is 14.0 Å². The number of morpholine rings is 1. The number of fused-ring (bicyclic) bond motifs is 1. The van der Waals surface area contributed by atoms with E-state index in [1.807, 2.05) is 37.8 Å². The molecule has 2 saturated heterocycles. The Labute approximate surface area is 199 Å². The molecule has 33 heavy (non-hydrogen) atoms. The highest BCUT2D eigenvalue weighted by atomic mass is 35.5. The van der Waals surface area contributed by atoms with Crippen molar-refractivity contribution in [3.63, 3.8) is 0 Å². The number of hydrogen-bond donors (Lipinski definition) is 0. The van der Waals surface area contributed by atoms with Gasteiger partial charge in [0.1, 0.15) is 11.8 Å². The number of urea groups is 1. The second-order valence-electron chi connectivity index (χ2n) is 10.0. The van der Waals surface area contributed by atoms with Crippen LogP contribution in [0, 0.1) is 0 Å². The molecule has 2 fully saturated rings. The molecule has 0 spiro atoms. The standard InChI is InChI=1S/C24H33ClFN3O4/c1-24(2,3)33-23(31)29-10-11-32-15-21(29)19-13-17(25)12-16-4-7-28(14-20(16)19)22(30)27-8-5-18(26)6-9-27/h12-13,18,21H,4-11,14-15H2,1-3H3/t21-/m0/s1. The zero-order chi connectivity index (χ0) is 23.8. The second kappa shape index (κ2) is 9.66. The minimum absolute atomic E-state index is 0.0580. The average molecular weight is 482 g/mol. The van der Waals surface area contributed by atoms with Gasteiger partial charge in [-0.05, 0) is 68.9 Å². The van der Waals surface area contributed by atoms with Crippen molar-refractivity contribution >= 4 is 23.7 Å². The Bertz CT molecular complexity index is 898. The lowest BCUT2D eigenvalue weighted by atomic mass is 9.90. The molecule has 1 aromatic rings. The predicted molar refractivity (Wildman–Crippen MR) is 123 cm³/mol. The van der Waals surface area contributed by atoms with Crippen LogP contribution >= 0.6 is 11.6 Å². The molecule has 0 unspecified atom stereocenters. The van der Waals surface area contributed by atoms with Crippen LogP contribution in [0.25, 0.3) is 0 Å². The molecule has 182 valence electrons. The van der Waals surface area contributed by atoms with Crippen molar-refractivity contribution in [2.24, 2.45) is 0 Å². The molecule has 0 saturated carbocycles. The lowest BCUT2D eigenvalue weighted by Gasteiger charge is -2.40. The molecule has 3 aliphatic rings. The van der Waals surface area contributed by atoms with Crippen LogP contribution in [0.2, 0.25) is 5.02 Å². The van der Waals surface area contributed by atoms with E-state index in [2.05, 4.69) is 0 Å². The molecule has 0 bridgehead atoms. The number of alkyl halides is 1. The number of ether oxygens (including phenoxy) is 2. The van der Waals surface area contributed by atoms with Gasteiger partial charge < -0.3 is 19.3 Å². The molecule has 4 rings (SSSR count). The van der Waals surface area contributed by atoms with Crippen molar-refractivity contribution in [2.75, 3.05) is 39.4 Å². The van der Waals surface area contributed by atoms with E-state index in [-0.39, 0.29) is 18.2 Å². The van der Waals surface area contributed by atoms with Crippen molar-refractivity contribution in [3.8, 4) is 0 Å². The third-order valence-corrected chi connectivity index (χ3v) is 6.64. The lowest BCUT2D eigenvalue weighted by molar-refractivity contribution is -0.0334. The fourth-order valence-corrected chi connectivity index (χ4v) is 5.01. The Morgan fingerprint density at radius 1 is 1.12 bits per heavy atom. The van der Waals surface area contributed by atoms with Crippen LogP contribution in [-0.4, -0.2) is 78.0 Å². The van der Waals surface area contributed by atoms with Crippen molar-refractivity contribution < 1.29 is 23.5 Å². The number of carbonyl (C=O) groups excluding carboxylic acids is 2. The maximum Gasteiger partial charge on any atom is 0.410 e. The van der Waals surface area contributed by atoms with Gasteiger partial charge in [0.25, 0.3) is 0 Å². The summed E-state index contributed by atoms with van der Waals surface area (Å²) in [6, 6.07) is 3.41. The molecule has 1 aromatic carbocycles. The predicted octanol–water partition coefficient (Wildman–Crippen LogP) is 4.56. The van der Waals surface area contributed by atoms with Gasteiger partial charge in [0, 0.05) is 37.7 Å². The van der Waals surface area contributed by atoms with Gasteiger partial charge in [-0.25, -0.2) is 14.0 Å². The summed E-state index contributed by atoms with van der Waals surface area (Å²) >= 11 is 6.47. The van der Waals surface area contributed by atoms with E-state index < -0.39 is 11.8 Å². The maximum atomic E-state index is 13.5. The van der Waals surface area contributed by atoms with Crippen LogP contribution < -0.4 is 0 Å². The van der Waals surface area contributed by atoms with E-state index >= 15 is 0 Å². The molecule has 3 heterocycles. The molecule has 0 aromatic heterocycles. The Morgan fingerprint density at radius 3 is 2.55 bits per heavy atom. The monoisotopic (exact) mass is 481 g/mol. The summed E-state index contributed by atoms with van der Waals surface area (Å²) in [6.45, 7) is 8.62. The highest BCUT2D eigenvalue weighted by molar-refractivity contribution is 6.30. The van der Waals surface area contributed by atoms with Crippen LogP contribution in [0.3, 0.4) is 0 Å². The second-order valence-corrected chi connectivity index (χ2v) is 10.4. The number of carbonyl (C=O) groups is 2. The first-order valence-corrected chi connectivity index (χ1v) is 12.1. The first-order valence-electron chi connectivity index (χ1n) is 11.7. The molecule has 0 radical (unpaired) electrons. The van der Waals surface area contributed by atoms with E-state index in [1.165, 1.54) is 0 Å². The smallest absolute Gasteiger partial charge is 0.410 e. The first-order chi connectivity index (χ1) is 15.6. The van der Waals surface area contributed by atoms with Crippen molar-refractivity contribution in [2.45, 2.75) is 64.4 Å². The van der Waals surface area contributed by atoms with Crippen LogP contribution in [0.15, 0.2) is 12.1 Å². The summed E-state index contributed by atoms with van der Waals surface area (Å²) < 4.78 is 24.9. The van der Waals surface area contributed by atoms with Gasteiger partial charge in [0.05, 0.1) is 19.3 Å². The number of rotatable bonds is 1. The number of benzene rings is 1. The fourth-order valence-electron chi connectivity index (χ4n) is 4.76. The molecule has 1 atom stereocenters. The number of halogens is 2. The van der Waals surface area contributed by atoms with Crippen molar-refractivity contribution in [1.29, 1.82) is 0 Å². The van der Waals surface area contributed by atoms with Gasteiger partial charge in [-0.1, -0.05) is 11.6 Å². The van der Waals surface area contributed by atoms with Gasteiger partial charge in [-0.3, -0.25) is 4.90 Å². The zero-order valence-corrected chi connectivity index (χ0v) is 20.4. The van der Waals surface area contributed by atoms with Gasteiger partial charge in [-0.2, -0.15) is 0 Å². The summed E-state index contributed by atoms with van der Waals surface area (Å²) in [4.78, 5) is 31.4. The number of nitrogens with zero attached hydrogens (tertiary/aromatic N) is 3. The van der Waals surface area contributed by atoms with Crippen molar-refractivity contribution in [1.82, 2.24) is 14.7 Å². The van der Waals surface area contributed by atoms with Gasteiger partial charge in [-0.15, -0.1) is 0 Å². The van der Waals surface area contributed by atoms with Crippen LogP contribution in [0.4, 0.5) is 14.0 Å². The Hall–Kier alpha value is -2.06. The Balaban J connectivity index is 1.59. The summed E-state index contributed by atoms with van der Waals surface area (Å²) in [5.41, 5.74) is 2.37. The molecule has 3 aliphatic heterocycles. The molecule has 7 nitrogen and oxygen atoms in total. The third kappa shape index (κ3) is 5.54. The van der Waals surface area contributed by atoms with Gasteiger partial charge in [0.15, 0.2) is 0 Å². The first kappa shape index (κ1) is 24.1. The zero-order valence-electron chi connectivity index (χ0n) is 19.6. The molecule has 0 aliphatic carbocycles. The van der Waals surface area contributed by atoms with E-state index in [0.29, 0.717) is 70.2 Å². The molecule has 9 heteroatoms. The quantitative estimate of drug-likeness (QED) is 0.590. The third-order valence-electron chi connectivity index (χ3n) is 6.42. The summed E-state index contributed by atoms with van der Waals surface area (Å²) in [7, 11) is 0. The number of likely N-dealkylation sites (tertiary alicyclic amines) is 1. The average Bonchev–Trinajstić information content (AvgIpc) is 2.77. The fraction of sp³-hybridized carbons (Fsp3) is 0.667. The minimum Gasteiger partial charge on any atom is -0.444 e. The van der Waals surface area contributed by atoms with E-state index in [1.54, 1.807) is 9.80 Å². The number of amides is 3. The number of piperidine rings is 1. The minimum atomic E-state index is -0.824. The van der Waals surface area contributed by atoms with Crippen molar-refractivity contribution in [3.05, 3.63) is 33.8 Å². The van der Waals surface area contributed by atoms with E-state index in [4.69, 9.17) is 21.1 Å². The number of hydrogen-bond acceptors (Lipinski definition) is 4. The van der Waals surface area contributed by atoms with Crippen LogP contribution in [0.5, 0.6) is 0 Å². The van der Waals surface area contributed by atoms with Crippen LogP contribution in [0.1, 0.15) is 56.3 Å². The van der Waals surface area contributed by atoms with Crippen LogP contribution in [-0.2, 0) is 22.4 Å². The molecule has 3 amide bonds. The Kier molecular flexibility index (Phi) is 7.05. The summed E-state index contributed by atoms with van der Waals surface area (Å²) in [6.07, 6.45) is 0.244. The molecular weight excluding hydrogens is 449 g/mol. The summed E-state index contributed by atoms with van der Waals surface area (Å²) in [5, 5.41) is 0.600. The highest BCUT2D eigenvalue weighted by Gasteiger charge is 2.36. The summed E-state index contributed by atoms with van der Waals surface area (Å²) in [5.74, 6) is 0. The topological polar surface area (TPSA) is 62.3 Å². The molecule has 0 N–H and O–H groups in total. The van der Waals surface area contributed by atoms with E-state index in [0.717, 1.165) is 16.7 Å². The van der Waals surface area contributed by atoms with Gasteiger partial charge >= 0.3 is 12.1 Å². The molecular formula is C24H33ClFN3O4. The maximum absolute atomic E-state index is 13.5.